The molecule has 0 unspecified atom stereocenters. The Kier molecular flexibility index (Phi) is 8.22. The number of amides is 2. The van der Waals surface area contributed by atoms with E-state index < -0.39 is 18.5 Å². The van der Waals surface area contributed by atoms with Crippen LogP contribution in [0.2, 0.25) is 0 Å². The third-order valence-electron chi connectivity index (χ3n) is 4.41. The summed E-state index contributed by atoms with van der Waals surface area (Å²) >= 11 is 0. The van der Waals surface area contributed by atoms with E-state index >= 15 is 0 Å². The fourth-order valence-electron chi connectivity index (χ4n) is 2.88. The van der Waals surface area contributed by atoms with Crippen LogP contribution in [-0.4, -0.2) is 56.6 Å². The molecule has 8 nitrogen and oxygen atoms in total. The molecule has 0 fully saturated rings. The molecule has 0 aliphatic carbocycles. The SMILES string of the molecule is CCN(CC)C(=O)c1cccc(NC(=O)COC(=O)c2c(OC)cccc2OC)c1. The lowest BCUT2D eigenvalue weighted by atomic mass is 10.1. The van der Waals surface area contributed by atoms with Gasteiger partial charge in [-0.05, 0) is 44.2 Å². The van der Waals surface area contributed by atoms with E-state index in [0.29, 0.717) is 24.3 Å². The number of carbonyl (C=O) groups is 3. The fourth-order valence-corrected chi connectivity index (χ4v) is 2.88. The normalized spacial score (nSPS) is 10.1. The predicted octanol–water partition coefficient (Wildman–Crippen LogP) is 2.98. The minimum Gasteiger partial charge on any atom is -0.496 e. The smallest absolute Gasteiger partial charge is 0.346 e. The van der Waals surface area contributed by atoms with Gasteiger partial charge in [0.05, 0.1) is 14.2 Å². The van der Waals surface area contributed by atoms with E-state index in [1.807, 2.05) is 13.8 Å². The summed E-state index contributed by atoms with van der Waals surface area (Å²) in [7, 11) is 2.84. The molecule has 1 N–H and O–H groups in total. The van der Waals surface area contributed by atoms with Gasteiger partial charge in [-0.2, -0.15) is 0 Å². The number of methoxy groups -OCH3 is 2. The first-order valence-electron chi connectivity index (χ1n) is 9.52. The Hall–Kier alpha value is -3.55. The molecule has 0 saturated heterocycles. The van der Waals surface area contributed by atoms with Gasteiger partial charge in [0.1, 0.15) is 17.1 Å². The van der Waals surface area contributed by atoms with Crippen LogP contribution in [0.3, 0.4) is 0 Å². The summed E-state index contributed by atoms with van der Waals surface area (Å²) in [5.41, 5.74) is 0.998. The molecular formula is C22H26N2O6. The summed E-state index contributed by atoms with van der Waals surface area (Å²) < 4.78 is 15.4. The van der Waals surface area contributed by atoms with Crippen molar-refractivity contribution in [3.63, 3.8) is 0 Å². The van der Waals surface area contributed by atoms with E-state index in [0.717, 1.165) is 0 Å². The van der Waals surface area contributed by atoms with Crippen LogP contribution in [0.25, 0.3) is 0 Å². The Morgan fingerprint density at radius 2 is 1.53 bits per heavy atom. The number of nitrogens with zero attached hydrogens (tertiary/aromatic N) is 1. The largest absolute Gasteiger partial charge is 0.496 e. The van der Waals surface area contributed by atoms with Crippen molar-refractivity contribution < 1.29 is 28.6 Å². The quantitative estimate of drug-likeness (QED) is 0.634. The zero-order chi connectivity index (χ0) is 22.1. The molecule has 0 aliphatic heterocycles. The van der Waals surface area contributed by atoms with Crippen molar-refractivity contribution in [1.82, 2.24) is 4.90 Å². The second-order valence-electron chi connectivity index (χ2n) is 6.22. The highest BCUT2D eigenvalue weighted by Gasteiger charge is 2.21. The molecule has 0 heterocycles. The van der Waals surface area contributed by atoms with Gasteiger partial charge in [0.2, 0.25) is 0 Å². The number of anilines is 1. The lowest BCUT2D eigenvalue weighted by Crippen LogP contribution is -2.30. The first-order valence-corrected chi connectivity index (χ1v) is 9.52. The van der Waals surface area contributed by atoms with E-state index in [9.17, 15) is 14.4 Å². The third-order valence-corrected chi connectivity index (χ3v) is 4.41. The molecule has 160 valence electrons. The number of benzene rings is 2. The summed E-state index contributed by atoms with van der Waals surface area (Å²) in [4.78, 5) is 38.8. The van der Waals surface area contributed by atoms with Gasteiger partial charge in [0.15, 0.2) is 6.61 Å². The van der Waals surface area contributed by atoms with Crippen molar-refractivity contribution in [1.29, 1.82) is 0 Å². The number of hydrogen-bond donors (Lipinski definition) is 1. The standard InChI is InChI=1S/C22H26N2O6/c1-5-24(6-2)21(26)15-9-7-10-16(13-15)23-19(25)14-30-22(27)20-17(28-3)11-8-12-18(20)29-4/h7-13H,5-6,14H2,1-4H3,(H,23,25). The zero-order valence-corrected chi connectivity index (χ0v) is 17.6. The first kappa shape index (κ1) is 22.7. The van der Waals surface area contributed by atoms with Crippen molar-refractivity contribution in [3.8, 4) is 11.5 Å². The topological polar surface area (TPSA) is 94.2 Å². The molecule has 0 atom stereocenters. The van der Waals surface area contributed by atoms with Gasteiger partial charge in [-0.25, -0.2) is 4.79 Å². The van der Waals surface area contributed by atoms with Crippen LogP contribution in [0.1, 0.15) is 34.6 Å². The summed E-state index contributed by atoms with van der Waals surface area (Å²) in [6.45, 7) is 4.48. The van der Waals surface area contributed by atoms with Crippen LogP contribution < -0.4 is 14.8 Å². The highest BCUT2D eigenvalue weighted by Crippen LogP contribution is 2.28. The fraction of sp³-hybridized carbons (Fsp3) is 0.318. The minimum absolute atomic E-state index is 0.0992. The molecule has 8 heteroatoms. The Bertz CT molecular complexity index is 886. The van der Waals surface area contributed by atoms with Crippen LogP contribution in [0, 0.1) is 0 Å². The van der Waals surface area contributed by atoms with Crippen LogP contribution in [0.5, 0.6) is 11.5 Å². The van der Waals surface area contributed by atoms with Gasteiger partial charge < -0.3 is 24.4 Å². The Morgan fingerprint density at radius 1 is 0.933 bits per heavy atom. The van der Waals surface area contributed by atoms with E-state index in [1.165, 1.54) is 14.2 Å². The van der Waals surface area contributed by atoms with Gasteiger partial charge in [-0.3, -0.25) is 9.59 Å². The van der Waals surface area contributed by atoms with Crippen LogP contribution in [-0.2, 0) is 9.53 Å². The number of ether oxygens (including phenoxy) is 3. The van der Waals surface area contributed by atoms with Crippen LogP contribution in [0.15, 0.2) is 42.5 Å². The Balaban J connectivity index is 2.03. The van der Waals surface area contributed by atoms with Crippen LogP contribution in [0.4, 0.5) is 5.69 Å². The second kappa shape index (κ2) is 10.8. The Morgan fingerprint density at radius 3 is 2.10 bits per heavy atom. The number of carbonyl (C=O) groups excluding carboxylic acids is 3. The third kappa shape index (κ3) is 5.50. The van der Waals surface area contributed by atoms with E-state index in [-0.39, 0.29) is 23.0 Å². The number of nitrogens with one attached hydrogen (secondary N) is 1. The van der Waals surface area contributed by atoms with Gasteiger partial charge in [0.25, 0.3) is 11.8 Å². The van der Waals surface area contributed by atoms with Gasteiger partial charge in [-0.15, -0.1) is 0 Å². The van der Waals surface area contributed by atoms with E-state index in [4.69, 9.17) is 14.2 Å². The highest BCUT2D eigenvalue weighted by atomic mass is 16.5. The molecule has 2 aromatic rings. The molecule has 0 aromatic heterocycles. The summed E-state index contributed by atoms with van der Waals surface area (Å²) in [6.07, 6.45) is 0. The van der Waals surface area contributed by atoms with Gasteiger partial charge in [0, 0.05) is 24.3 Å². The van der Waals surface area contributed by atoms with E-state index in [1.54, 1.807) is 47.4 Å². The van der Waals surface area contributed by atoms with Gasteiger partial charge >= 0.3 is 5.97 Å². The van der Waals surface area contributed by atoms with Crippen LogP contribution >= 0.6 is 0 Å². The molecule has 0 saturated carbocycles. The molecule has 0 radical (unpaired) electrons. The molecular weight excluding hydrogens is 388 g/mol. The lowest BCUT2D eigenvalue weighted by molar-refractivity contribution is -0.119. The average Bonchev–Trinajstić information content (AvgIpc) is 2.77. The van der Waals surface area contributed by atoms with E-state index in [2.05, 4.69) is 5.32 Å². The number of rotatable bonds is 9. The molecule has 0 spiro atoms. The molecule has 0 bridgehead atoms. The Labute approximate surface area is 175 Å². The molecule has 2 amide bonds. The second-order valence-corrected chi connectivity index (χ2v) is 6.22. The first-order chi connectivity index (χ1) is 14.4. The molecule has 2 aromatic carbocycles. The lowest BCUT2D eigenvalue weighted by Gasteiger charge is -2.19. The van der Waals surface area contributed by atoms with Crippen molar-refractivity contribution >= 4 is 23.5 Å². The monoisotopic (exact) mass is 414 g/mol. The number of esters is 1. The highest BCUT2D eigenvalue weighted by molar-refractivity contribution is 5.99. The van der Waals surface area contributed by atoms with Gasteiger partial charge in [-0.1, -0.05) is 12.1 Å². The van der Waals surface area contributed by atoms with Crippen molar-refractivity contribution in [3.05, 3.63) is 53.6 Å². The van der Waals surface area contributed by atoms with Crippen molar-refractivity contribution in [2.24, 2.45) is 0 Å². The minimum atomic E-state index is -0.745. The molecule has 0 aliphatic rings. The maximum Gasteiger partial charge on any atom is 0.346 e. The zero-order valence-electron chi connectivity index (χ0n) is 17.6. The summed E-state index contributed by atoms with van der Waals surface area (Å²) in [5.74, 6) is -0.842. The van der Waals surface area contributed by atoms with Crippen molar-refractivity contribution in [2.45, 2.75) is 13.8 Å². The maximum absolute atomic E-state index is 12.5. The predicted molar refractivity (Wildman–Crippen MR) is 112 cm³/mol. The molecule has 30 heavy (non-hydrogen) atoms. The summed E-state index contributed by atoms with van der Waals surface area (Å²) in [6, 6.07) is 11.5. The van der Waals surface area contributed by atoms with Crippen molar-refractivity contribution in [2.75, 3.05) is 39.2 Å². The number of hydrogen-bond acceptors (Lipinski definition) is 6. The average molecular weight is 414 g/mol. The summed E-state index contributed by atoms with van der Waals surface area (Å²) in [5, 5.41) is 2.63. The maximum atomic E-state index is 12.5. The molecule has 2 rings (SSSR count).